The Balaban J connectivity index is 1.78. The molecule has 3 aromatic carbocycles. The Morgan fingerprint density at radius 3 is 1.91 bits per heavy atom. The monoisotopic (exact) mass is 429 g/mol. The second-order valence-corrected chi connectivity index (χ2v) is 6.62. The van der Waals surface area contributed by atoms with Gasteiger partial charge in [-0.05, 0) is 65.7 Å². The lowest BCUT2D eigenvalue weighted by atomic mass is 10.1. The minimum absolute atomic E-state index is 0.0518. The number of hydrogen-bond acceptors (Lipinski definition) is 5. The Bertz CT molecular complexity index is 1110. The Hall–Kier alpha value is -4.39. The van der Waals surface area contributed by atoms with Gasteiger partial charge in [-0.25, -0.2) is 5.43 Å². The van der Waals surface area contributed by atoms with Gasteiger partial charge in [0.05, 0.1) is 20.4 Å². The van der Waals surface area contributed by atoms with E-state index in [4.69, 9.17) is 9.47 Å². The average Bonchev–Trinajstić information content (AvgIpc) is 2.85. The molecule has 0 heterocycles. The smallest absolute Gasteiger partial charge is 0.287 e. The van der Waals surface area contributed by atoms with Crippen molar-refractivity contribution < 1.29 is 19.1 Å². The van der Waals surface area contributed by atoms with E-state index in [0.29, 0.717) is 16.9 Å². The lowest BCUT2D eigenvalue weighted by Gasteiger charge is -2.09. The van der Waals surface area contributed by atoms with Gasteiger partial charge in [0.15, 0.2) is 0 Å². The molecule has 7 heteroatoms. The molecule has 0 bridgehead atoms. The van der Waals surface area contributed by atoms with E-state index in [1.807, 2.05) is 6.07 Å². The summed E-state index contributed by atoms with van der Waals surface area (Å²) in [7, 11) is 3.16. The van der Waals surface area contributed by atoms with Crippen molar-refractivity contribution in [3.63, 3.8) is 0 Å². The van der Waals surface area contributed by atoms with Gasteiger partial charge in [-0.3, -0.25) is 9.59 Å². The largest absolute Gasteiger partial charge is 0.497 e. The van der Waals surface area contributed by atoms with Crippen molar-refractivity contribution in [1.29, 1.82) is 0 Å². The van der Waals surface area contributed by atoms with Crippen molar-refractivity contribution in [2.75, 3.05) is 14.2 Å². The maximum Gasteiger partial charge on any atom is 0.287 e. The zero-order valence-corrected chi connectivity index (χ0v) is 17.7. The summed E-state index contributed by atoms with van der Waals surface area (Å²) in [6, 6.07) is 22.9. The molecule has 2 amide bonds. The molecule has 2 N–H and O–H groups in total. The topological polar surface area (TPSA) is 89.0 Å². The average molecular weight is 429 g/mol. The summed E-state index contributed by atoms with van der Waals surface area (Å²) in [5.74, 6) is 0.444. The first-order chi connectivity index (χ1) is 15.6. The van der Waals surface area contributed by atoms with Crippen LogP contribution in [0.5, 0.6) is 11.5 Å². The second kappa shape index (κ2) is 11.1. The molecular formula is C25H23N3O4. The molecule has 0 spiro atoms. The fourth-order valence-corrected chi connectivity index (χ4v) is 2.72. The van der Waals surface area contributed by atoms with E-state index in [0.717, 1.165) is 11.3 Å². The Kier molecular flexibility index (Phi) is 7.75. The van der Waals surface area contributed by atoms with Crippen LogP contribution in [0.1, 0.15) is 21.5 Å². The fraction of sp³-hybridized carbons (Fsp3) is 0.0800. The third kappa shape index (κ3) is 6.30. The van der Waals surface area contributed by atoms with E-state index in [-0.39, 0.29) is 5.70 Å². The number of methoxy groups -OCH3 is 2. The third-order valence-electron chi connectivity index (χ3n) is 4.45. The van der Waals surface area contributed by atoms with Crippen LogP contribution in [0, 0.1) is 0 Å². The van der Waals surface area contributed by atoms with Gasteiger partial charge in [-0.1, -0.05) is 30.3 Å². The first-order valence-corrected chi connectivity index (χ1v) is 9.78. The van der Waals surface area contributed by atoms with Gasteiger partial charge in [-0.2, -0.15) is 5.10 Å². The standard InChI is InChI=1S/C25H23N3O4/c1-31-21-12-8-18(9-13-21)16-23(27-24(29)20-6-4-3-5-7-20)25(30)28-26-17-19-10-14-22(32-2)15-11-19/h3-17H,1-2H3,(H,27,29)(H,28,30)/b23-16-,26-17+. The van der Waals surface area contributed by atoms with E-state index in [2.05, 4.69) is 15.8 Å². The summed E-state index contributed by atoms with van der Waals surface area (Å²) < 4.78 is 10.3. The van der Waals surface area contributed by atoms with E-state index in [1.54, 1.807) is 93.1 Å². The minimum Gasteiger partial charge on any atom is -0.497 e. The van der Waals surface area contributed by atoms with E-state index in [1.165, 1.54) is 6.21 Å². The number of hydrogen-bond donors (Lipinski definition) is 2. The molecule has 0 aromatic heterocycles. The number of hydrazone groups is 1. The number of ether oxygens (including phenoxy) is 2. The quantitative estimate of drug-likeness (QED) is 0.325. The Labute approximate surface area is 186 Å². The number of nitrogens with zero attached hydrogens (tertiary/aromatic N) is 1. The number of carbonyl (C=O) groups excluding carboxylic acids is 2. The van der Waals surface area contributed by atoms with Crippen molar-refractivity contribution in [3.05, 3.63) is 101 Å². The summed E-state index contributed by atoms with van der Waals surface area (Å²) in [5, 5.41) is 6.65. The molecule has 0 radical (unpaired) electrons. The molecular weight excluding hydrogens is 406 g/mol. The van der Waals surface area contributed by atoms with Crippen LogP contribution >= 0.6 is 0 Å². The highest BCUT2D eigenvalue weighted by molar-refractivity contribution is 6.05. The molecule has 3 aromatic rings. The van der Waals surface area contributed by atoms with Crippen LogP contribution in [0.3, 0.4) is 0 Å². The molecule has 0 atom stereocenters. The summed E-state index contributed by atoms with van der Waals surface area (Å²) >= 11 is 0. The molecule has 3 rings (SSSR count). The molecule has 0 aliphatic heterocycles. The van der Waals surface area contributed by atoms with Crippen LogP contribution in [0.15, 0.2) is 89.7 Å². The number of nitrogens with one attached hydrogen (secondary N) is 2. The van der Waals surface area contributed by atoms with Gasteiger partial charge in [0.25, 0.3) is 11.8 Å². The van der Waals surface area contributed by atoms with Crippen molar-refractivity contribution in [2.45, 2.75) is 0 Å². The van der Waals surface area contributed by atoms with Gasteiger partial charge in [0.2, 0.25) is 0 Å². The summed E-state index contributed by atoms with van der Waals surface area (Å²) in [4.78, 5) is 25.4. The van der Waals surface area contributed by atoms with Crippen LogP contribution in [-0.4, -0.2) is 32.2 Å². The highest BCUT2D eigenvalue weighted by Gasteiger charge is 2.14. The van der Waals surface area contributed by atoms with Gasteiger partial charge >= 0.3 is 0 Å². The Morgan fingerprint density at radius 2 is 1.34 bits per heavy atom. The van der Waals surface area contributed by atoms with Gasteiger partial charge in [0, 0.05) is 5.56 Å². The highest BCUT2D eigenvalue weighted by Crippen LogP contribution is 2.14. The van der Waals surface area contributed by atoms with Gasteiger partial charge in [0.1, 0.15) is 17.2 Å². The highest BCUT2D eigenvalue weighted by atomic mass is 16.5. The fourth-order valence-electron chi connectivity index (χ4n) is 2.72. The van der Waals surface area contributed by atoms with Gasteiger partial charge in [-0.15, -0.1) is 0 Å². The zero-order chi connectivity index (χ0) is 22.8. The molecule has 0 saturated heterocycles. The van der Waals surface area contributed by atoms with Crippen LogP contribution in [-0.2, 0) is 4.79 Å². The molecule has 0 fully saturated rings. The number of benzene rings is 3. The van der Waals surface area contributed by atoms with Crippen LogP contribution in [0.4, 0.5) is 0 Å². The predicted molar refractivity (Wildman–Crippen MR) is 124 cm³/mol. The van der Waals surface area contributed by atoms with Crippen LogP contribution in [0.25, 0.3) is 6.08 Å². The molecule has 7 nitrogen and oxygen atoms in total. The van der Waals surface area contributed by atoms with Crippen LogP contribution in [0.2, 0.25) is 0 Å². The lowest BCUT2D eigenvalue weighted by molar-refractivity contribution is -0.117. The SMILES string of the molecule is COc1ccc(/C=C(\NC(=O)c2ccccc2)C(=O)N/N=C/c2ccc(OC)cc2)cc1. The maximum absolute atomic E-state index is 12.8. The number of amides is 2. The van der Waals surface area contributed by atoms with Crippen LogP contribution < -0.4 is 20.2 Å². The molecule has 0 unspecified atom stereocenters. The maximum atomic E-state index is 12.8. The second-order valence-electron chi connectivity index (χ2n) is 6.62. The van der Waals surface area contributed by atoms with Gasteiger partial charge < -0.3 is 14.8 Å². The van der Waals surface area contributed by atoms with E-state index < -0.39 is 11.8 Å². The normalized spacial score (nSPS) is 11.1. The predicted octanol–water partition coefficient (Wildman–Crippen LogP) is 3.63. The van der Waals surface area contributed by atoms with Crippen molar-refractivity contribution in [3.8, 4) is 11.5 Å². The molecule has 0 aliphatic carbocycles. The summed E-state index contributed by atoms with van der Waals surface area (Å²) in [6.07, 6.45) is 3.07. The van der Waals surface area contributed by atoms with E-state index >= 15 is 0 Å². The third-order valence-corrected chi connectivity index (χ3v) is 4.45. The molecule has 0 saturated carbocycles. The van der Waals surface area contributed by atoms with Crippen molar-refractivity contribution in [1.82, 2.24) is 10.7 Å². The van der Waals surface area contributed by atoms with E-state index in [9.17, 15) is 9.59 Å². The summed E-state index contributed by atoms with van der Waals surface area (Å²) in [6.45, 7) is 0. The Morgan fingerprint density at radius 1 is 0.781 bits per heavy atom. The molecule has 0 aliphatic rings. The van der Waals surface area contributed by atoms with Crippen molar-refractivity contribution in [2.24, 2.45) is 5.10 Å². The number of carbonyl (C=O) groups is 2. The summed E-state index contributed by atoms with van der Waals surface area (Å²) in [5.41, 5.74) is 4.43. The minimum atomic E-state index is -0.560. The first kappa shape index (κ1) is 22.3. The number of rotatable bonds is 8. The first-order valence-electron chi connectivity index (χ1n) is 9.78. The lowest BCUT2D eigenvalue weighted by Crippen LogP contribution is -2.32. The molecule has 162 valence electrons. The zero-order valence-electron chi connectivity index (χ0n) is 17.7. The van der Waals surface area contributed by atoms with Crippen molar-refractivity contribution >= 4 is 24.1 Å². The molecule has 32 heavy (non-hydrogen) atoms.